The summed E-state index contributed by atoms with van der Waals surface area (Å²) < 4.78 is 0. The summed E-state index contributed by atoms with van der Waals surface area (Å²) in [5.41, 5.74) is 0.944. The van der Waals surface area contributed by atoms with Gasteiger partial charge in [-0.3, -0.25) is 0 Å². The van der Waals surface area contributed by atoms with E-state index in [1.165, 1.54) is 12.8 Å². The lowest BCUT2D eigenvalue weighted by Crippen LogP contribution is -1.85. The minimum Gasteiger partial charge on any atom is -0.118 e. The lowest BCUT2D eigenvalue weighted by atomic mass is 10.4. The van der Waals surface area contributed by atoms with Gasteiger partial charge in [0.25, 0.3) is 0 Å². The minimum atomic E-state index is 0.944. The fraction of sp³-hybridized carbons (Fsp3) is 0.667. The maximum absolute atomic E-state index is 2.35. The van der Waals surface area contributed by atoms with Crippen LogP contribution in [0.3, 0.4) is 0 Å². The van der Waals surface area contributed by atoms with Crippen molar-refractivity contribution in [2.45, 2.75) is 18.5 Å². The lowest BCUT2D eigenvalue weighted by molar-refractivity contribution is 0.941. The first-order chi connectivity index (χ1) is 3.43. The van der Waals surface area contributed by atoms with E-state index >= 15 is 0 Å². The molecule has 0 radical (unpaired) electrons. The smallest absolute Gasteiger partial charge is 0.00567 e. The first kappa shape index (κ1) is 5.31. The summed E-state index contributed by atoms with van der Waals surface area (Å²) in [7, 11) is 1.12. The van der Waals surface area contributed by atoms with Gasteiger partial charge in [-0.25, -0.2) is 0 Å². The molecule has 1 unspecified atom stereocenters. The molecule has 0 aromatic heterocycles. The van der Waals surface area contributed by atoms with Crippen molar-refractivity contribution in [1.82, 2.24) is 0 Å². The van der Waals surface area contributed by atoms with Crippen LogP contribution in [0.15, 0.2) is 12.2 Å². The van der Waals surface area contributed by atoms with Crippen LogP contribution in [0.2, 0.25) is 0 Å². The third-order valence-electron chi connectivity index (χ3n) is 1.38. The van der Waals surface area contributed by atoms with Crippen LogP contribution in [-0.4, -0.2) is 12.3 Å². The van der Waals surface area contributed by atoms with Crippen molar-refractivity contribution < 1.29 is 0 Å². The van der Waals surface area contributed by atoms with E-state index in [-0.39, 0.29) is 0 Å². The van der Waals surface area contributed by atoms with E-state index < -0.39 is 0 Å². The maximum atomic E-state index is 2.35. The second-order valence-electron chi connectivity index (χ2n) is 1.90. The van der Waals surface area contributed by atoms with Crippen LogP contribution in [0, 0.1) is 0 Å². The van der Waals surface area contributed by atoms with E-state index in [1.54, 1.807) is 0 Å². The summed E-state index contributed by atoms with van der Waals surface area (Å²) in [6, 6.07) is 0. The fourth-order valence-electron chi connectivity index (χ4n) is 0.873. The molecular weight excluding hydrogens is 103 g/mol. The van der Waals surface area contributed by atoms with E-state index in [2.05, 4.69) is 18.8 Å². The number of allylic oxidation sites excluding steroid dienone is 2. The second-order valence-corrected chi connectivity index (χ2v) is 3.22. The summed E-state index contributed by atoms with van der Waals surface area (Å²) in [5.74, 6) is 0. The molecule has 0 fully saturated rings. The number of hydrogen-bond acceptors (Lipinski definition) is 0. The van der Waals surface area contributed by atoms with Gasteiger partial charge < -0.3 is 0 Å². The molecule has 0 aliphatic heterocycles. The Hall–Kier alpha value is 0.170. The van der Waals surface area contributed by atoms with Gasteiger partial charge in [0.1, 0.15) is 0 Å². The van der Waals surface area contributed by atoms with Crippen molar-refractivity contribution in [2.75, 3.05) is 6.66 Å². The predicted octanol–water partition coefficient (Wildman–Crippen LogP) is 2.01. The summed E-state index contributed by atoms with van der Waals surface area (Å²) >= 11 is 0. The van der Waals surface area contributed by atoms with Gasteiger partial charge in [-0.05, 0) is 25.2 Å². The Morgan fingerprint density at radius 2 is 2.57 bits per heavy atom. The molecule has 2 atom stereocenters. The molecule has 0 aromatic rings. The highest BCUT2D eigenvalue weighted by molar-refractivity contribution is 7.38. The molecule has 40 valence electrons. The van der Waals surface area contributed by atoms with Crippen LogP contribution < -0.4 is 0 Å². The Kier molecular flexibility index (Phi) is 1.87. The zero-order valence-corrected chi connectivity index (χ0v) is 5.65. The van der Waals surface area contributed by atoms with Gasteiger partial charge in [-0.1, -0.05) is 12.2 Å². The molecule has 1 aliphatic rings. The summed E-state index contributed by atoms with van der Waals surface area (Å²) in [4.78, 5) is 0. The van der Waals surface area contributed by atoms with Crippen molar-refractivity contribution in [3.63, 3.8) is 0 Å². The average molecular weight is 114 g/mol. The molecule has 1 rings (SSSR count). The molecule has 0 nitrogen and oxygen atoms in total. The number of hydrogen-bond donors (Lipinski definition) is 0. The standard InChI is InChI=1S/C6H11P/c1-7-6-4-2-3-5-6/h2,4,6-7H,3,5H2,1H3/t6-/m1/s1. The van der Waals surface area contributed by atoms with Gasteiger partial charge in [0.05, 0.1) is 0 Å². The molecule has 0 heterocycles. The maximum Gasteiger partial charge on any atom is -0.00567 e. The van der Waals surface area contributed by atoms with Crippen LogP contribution in [0.25, 0.3) is 0 Å². The zero-order valence-electron chi connectivity index (χ0n) is 4.65. The summed E-state index contributed by atoms with van der Waals surface area (Å²) in [6.07, 6.45) is 7.38. The molecule has 0 bridgehead atoms. The first-order valence-electron chi connectivity index (χ1n) is 2.77. The van der Waals surface area contributed by atoms with Gasteiger partial charge in [0.15, 0.2) is 0 Å². The molecule has 0 N–H and O–H groups in total. The van der Waals surface area contributed by atoms with Crippen LogP contribution in [0.1, 0.15) is 12.8 Å². The third-order valence-corrected chi connectivity index (χ3v) is 2.61. The molecule has 7 heavy (non-hydrogen) atoms. The van der Waals surface area contributed by atoms with Gasteiger partial charge in [0.2, 0.25) is 0 Å². The topological polar surface area (TPSA) is 0 Å². The first-order valence-corrected chi connectivity index (χ1v) is 4.35. The Balaban J connectivity index is 2.28. The molecule has 1 aliphatic carbocycles. The van der Waals surface area contributed by atoms with E-state index in [9.17, 15) is 0 Å². The van der Waals surface area contributed by atoms with E-state index in [1.807, 2.05) is 0 Å². The molecule has 0 amide bonds. The molecule has 0 spiro atoms. The van der Waals surface area contributed by atoms with Gasteiger partial charge in [0, 0.05) is 0 Å². The van der Waals surface area contributed by atoms with E-state index in [0.717, 1.165) is 14.2 Å². The van der Waals surface area contributed by atoms with Crippen molar-refractivity contribution in [3.8, 4) is 0 Å². The second kappa shape index (κ2) is 2.47. The molecule has 0 saturated heterocycles. The number of rotatable bonds is 1. The Morgan fingerprint density at radius 3 is 2.86 bits per heavy atom. The largest absolute Gasteiger partial charge is 0.118 e. The highest BCUT2D eigenvalue weighted by atomic mass is 31.1. The minimum absolute atomic E-state index is 0.944. The fourth-order valence-corrected chi connectivity index (χ4v) is 1.66. The highest BCUT2D eigenvalue weighted by Gasteiger charge is 2.03. The third kappa shape index (κ3) is 1.28. The highest BCUT2D eigenvalue weighted by Crippen LogP contribution is 2.25. The van der Waals surface area contributed by atoms with E-state index in [4.69, 9.17) is 0 Å². The van der Waals surface area contributed by atoms with Gasteiger partial charge >= 0.3 is 0 Å². The molecule has 0 aromatic carbocycles. The van der Waals surface area contributed by atoms with Crippen molar-refractivity contribution in [2.24, 2.45) is 0 Å². The Bertz CT molecular complexity index is 76.2. The Morgan fingerprint density at radius 1 is 1.71 bits per heavy atom. The Labute approximate surface area is 46.8 Å². The van der Waals surface area contributed by atoms with Gasteiger partial charge in [-0.15, -0.1) is 8.58 Å². The lowest BCUT2D eigenvalue weighted by Gasteiger charge is -1.98. The van der Waals surface area contributed by atoms with Crippen LogP contribution in [0.4, 0.5) is 0 Å². The van der Waals surface area contributed by atoms with Crippen molar-refractivity contribution >= 4 is 8.58 Å². The summed E-state index contributed by atoms with van der Waals surface area (Å²) in [5, 5.41) is 0. The average Bonchev–Trinajstić information content (AvgIpc) is 2.14. The molecule has 1 heteroatoms. The molecular formula is C6H11P. The van der Waals surface area contributed by atoms with Crippen molar-refractivity contribution in [1.29, 1.82) is 0 Å². The normalized spacial score (nSPS) is 30.7. The van der Waals surface area contributed by atoms with Crippen LogP contribution in [-0.2, 0) is 0 Å². The SMILES string of the molecule is CP[C@@H]1C=CCC1. The van der Waals surface area contributed by atoms with E-state index in [0.29, 0.717) is 0 Å². The van der Waals surface area contributed by atoms with Crippen LogP contribution in [0.5, 0.6) is 0 Å². The quantitative estimate of drug-likeness (QED) is 0.361. The van der Waals surface area contributed by atoms with Crippen molar-refractivity contribution in [3.05, 3.63) is 12.2 Å². The van der Waals surface area contributed by atoms with Crippen LogP contribution >= 0.6 is 8.58 Å². The summed E-state index contributed by atoms with van der Waals surface area (Å²) in [6.45, 7) is 2.28. The monoisotopic (exact) mass is 114 g/mol. The molecule has 0 saturated carbocycles. The van der Waals surface area contributed by atoms with Gasteiger partial charge in [-0.2, -0.15) is 0 Å². The predicted molar refractivity (Wildman–Crippen MR) is 36.4 cm³/mol. The zero-order chi connectivity index (χ0) is 5.11.